The van der Waals surface area contributed by atoms with Crippen LogP contribution in [0.15, 0.2) is 0 Å². The molecule has 3 aliphatic rings. The molecule has 0 radical (unpaired) electrons. The molecule has 0 aromatic rings. The fourth-order valence-corrected chi connectivity index (χ4v) is 4.18. The second-order valence-corrected chi connectivity index (χ2v) is 8.59. The topological polar surface area (TPSA) is 286 Å². The van der Waals surface area contributed by atoms with E-state index in [0.29, 0.717) is 0 Å². The van der Waals surface area contributed by atoms with E-state index in [2.05, 4.69) is 0 Å². The summed E-state index contributed by atoms with van der Waals surface area (Å²) in [6.07, 6.45) is -16.8. The van der Waals surface area contributed by atoms with Gasteiger partial charge in [-0.05, 0) is 0 Å². The molecule has 34 heavy (non-hydrogen) atoms. The van der Waals surface area contributed by atoms with Crippen LogP contribution in [0.5, 0.6) is 0 Å². The average molecular weight is 501 g/mol. The Kier molecular flexibility index (Phi) is 9.54. The highest BCUT2D eigenvalue weighted by molar-refractivity contribution is 4.98. The molecule has 16 heteroatoms. The molecule has 3 unspecified atom stereocenters. The largest absolute Gasteiger partial charge is 0.394 e. The van der Waals surface area contributed by atoms with Gasteiger partial charge in [0.15, 0.2) is 18.9 Å². The summed E-state index contributed by atoms with van der Waals surface area (Å²) in [5, 5.41) is 79.6. The zero-order valence-corrected chi connectivity index (χ0v) is 18.1. The molecule has 0 bridgehead atoms. The predicted octanol–water partition coefficient (Wildman–Crippen LogP) is -7.67. The van der Waals surface area contributed by atoms with Gasteiger partial charge in [0.25, 0.3) is 0 Å². The summed E-state index contributed by atoms with van der Waals surface area (Å²) in [4.78, 5) is 0. The van der Waals surface area contributed by atoms with Gasteiger partial charge < -0.3 is 81.7 Å². The van der Waals surface area contributed by atoms with Crippen molar-refractivity contribution in [3.05, 3.63) is 0 Å². The van der Waals surface area contributed by atoms with Gasteiger partial charge in [-0.1, -0.05) is 0 Å². The maximum Gasteiger partial charge on any atom is 0.176 e. The summed E-state index contributed by atoms with van der Waals surface area (Å²) in [6.45, 7) is -2.00. The second kappa shape index (κ2) is 11.6. The van der Waals surface area contributed by atoms with Crippen LogP contribution in [0.2, 0.25) is 0 Å². The van der Waals surface area contributed by atoms with Crippen molar-refractivity contribution in [3.63, 3.8) is 0 Å². The van der Waals surface area contributed by atoms with E-state index in [0.717, 1.165) is 0 Å². The zero-order chi connectivity index (χ0) is 25.3. The summed E-state index contributed by atoms with van der Waals surface area (Å²) in [7, 11) is 0. The van der Waals surface area contributed by atoms with E-state index in [9.17, 15) is 40.9 Å². The Balaban J connectivity index is 1.72. The number of nitrogens with two attached hydrogens (primary N) is 3. The number of ether oxygens (including phenoxy) is 5. The number of hydrogen-bond donors (Lipinski definition) is 11. The molecule has 0 aromatic heterocycles. The summed E-state index contributed by atoms with van der Waals surface area (Å²) >= 11 is 0. The van der Waals surface area contributed by atoms with Crippen LogP contribution >= 0.6 is 0 Å². The van der Waals surface area contributed by atoms with Gasteiger partial charge in [-0.3, -0.25) is 0 Å². The maximum atomic E-state index is 10.8. The van der Waals surface area contributed by atoms with Gasteiger partial charge in [-0.15, -0.1) is 0 Å². The molecule has 3 rings (SSSR count). The molecule has 0 amide bonds. The Morgan fingerprint density at radius 2 is 0.941 bits per heavy atom. The SMILES string of the molecule is N[C@H]1[C@@H](OC2[C@@H](CO)O[C@@H](OC3[C@@H](CO)O[C@@H](O)[C@H](N)[C@H]3O)[C@H](N)[C@H]2O)OC(CO)[C@@H](O)[C@@H]1O. The van der Waals surface area contributed by atoms with E-state index in [1.165, 1.54) is 0 Å². The molecular weight excluding hydrogens is 466 g/mol. The van der Waals surface area contributed by atoms with Gasteiger partial charge in [0.05, 0.1) is 37.9 Å². The Morgan fingerprint density at radius 3 is 1.44 bits per heavy atom. The van der Waals surface area contributed by atoms with Gasteiger partial charge >= 0.3 is 0 Å². The van der Waals surface area contributed by atoms with E-state index < -0.39 is 112 Å². The summed E-state index contributed by atoms with van der Waals surface area (Å²) in [6, 6.07) is -3.87. The van der Waals surface area contributed by atoms with Crippen molar-refractivity contribution in [2.45, 2.75) is 91.9 Å². The fraction of sp³-hybridized carbons (Fsp3) is 1.00. The van der Waals surface area contributed by atoms with E-state index >= 15 is 0 Å². The fourth-order valence-electron chi connectivity index (χ4n) is 4.18. The lowest BCUT2D eigenvalue weighted by Crippen LogP contribution is -2.69. The van der Waals surface area contributed by atoms with Crippen molar-refractivity contribution < 1.29 is 64.5 Å². The first kappa shape index (κ1) is 27.9. The number of rotatable bonds is 7. The average Bonchev–Trinajstić information content (AvgIpc) is 2.83. The molecule has 0 saturated carbocycles. The third kappa shape index (κ3) is 5.37. The van der Waals surface area contributed by atoms with Gasteiger partial charge in [-0.2, -0.15) is 0 Å². The molecular formula is C18H35N3O13. The van der Waals surface area contributed by atoms with E-state index in [4.69, 9.17) is 40.9 Å². The van der Waals surface area contributed by atoms with Crippen LogP contribution in [0, 0.1) is 0 Å². The van der Waals surface area contributed by atoms with Gasteiger partial charge in [0.2, 0.25) is 0 Å². The molecule has 15 atom stereocenters. The first-order valence-electron chi connectivity index (χ1n) is 10.8. The first-order valence-corrected chi connectivity index (χ1v) is 10.8. The van der Waals surface area contributed by atoms with Crippen molar-refractivity contribution in [1.29, 1.82) is 0 Å². The molecule has 3 saturated heterocycles. The van der Waals surface area contributed by atoms with E-state index in [1.54, 1.807) is 0 Å². The van der Waals surface area contributed by atoms with Crippen LogP contribution in [0.4, 0.5) is 0 Å². The highest BCUT2D eigenvalue weighted by Gasteiger charge is 2.52. The molecule has 0 aromatic carbocycles. The molecule has 0 spiro atoms. The number of aliphatic hydroxyl groups is 8. The minimum Gasteiger partial charge on any atom is -0.394 e. The van der Waals surface area contributed by atoms with E-state index in [1.807, 2.05) is 0 Å². The van der Waals surface area contributed by atoms with Crippen LogP contribution in [0.3, 0.4) is 0 Å². The Labute approximate surface area is 194 Å². The number of hydrogen-bond acceptors (Lipinski definition) is 16. The van der Waals surface area contributed by atoms with Crippen LogP contribution in [0.25, 0.3) is 0 Å². The molecule has 16 nitrogen and oxygen atoms in total. The summed E-state index contributed by atoms with van der Waals surface area (Å²) < 4.78 is 27.4. The molecule has 3 aliphatic heterocycles. The quantitative estimate of drug-likeness (QED) is 0.154. The summed E-state index contributed by atoms with van der Waals surface area (Å²) in [5.74, 6) is 0. The normalized spacial score (nSPS) is 52.5. The Morgan fingerprint density at radius 1 is 0.529 bits per heavy atom. The van der Waals surface area contributed by atoms with Crippen molar-refractivity contribution in [1.82, 2.24) is 0 Å². The third-order valence-electron chi connectivity index (χ3n) is 6.33. The Bertz CT molecular complexity index is 646. The zero-order valence-electron chi connectivity index (χ0n) is 18.1. The standard InChI is InChI=1S/C18H35N3O13/c19-7-12(27)14(5(2-23)30-16(7)29)33-18-9(21)13(28)15(6(3-24)32-18)34-17-8(20)11(26)10(25)4(1-22)31-17/h4-18,22-29H,1-3,19-21H2/t4?,5-,6-,7-,8-,9-,10-,11-,12-,13-,14?,15?,16-,17-,18+/m1/s1. The molecule has 14 N–H and O–H groups in total. The number of aliphatic hydroxyl groups excluding tert-OH is 8. The maximum absolute atomic E-state index is 10.8. The minimum atomic E-state index is -1.56. The third-order valence-corrected chi connectivity index (χ3v) is 6.33. The monoisotopic (exact) mass is 501 g/mol. The highest BCUT2D eigenvalue weighted by atomic mass is 16.7. The minimum absolute atomic E-state index is 0.651. The smallest absolute Gasteiger partial charge is 0.176 e. The van der Waals surface area contributed by atoms with Gasteiger partial charge in [0.1, 0.15) is 54.9 Å². The van der Waals surface area contributed by atoms with Crippen LogP contribution in [-0.4, -0.2) is 153 Å². The van der Waals surface area contributed by atoms with Gasteiger partial charge in [-0.25, -0.2) is 0 Å². The highest BCUT2D eigenvalue weighted by Crippen LogP contribution is 2.30. The Hall–Kier alpha value is -0.640. The lowest BCUT2D eigenvalue weighted by Gasteiger charge is -2.48. The van der Waals surface area contributed by atoms with Crippen molar-refractivity contribution in [3.8, 4) is 0 Å². The van der Waals surface area contributed by atoms with E-state index in [-0.39, 0.29) is 0 Å². The van der Waals surface area contributed by atoms with Crippen LogP contribution in [-0.2, 0) is 23.7 Å². The molecule has 3 heterocycles. The second-order valence-electron chi connectivity index (χ2n) is 8.59. The lowest BCUT2D eigenvalue weighted by molar-refractivity contribution is -0.348. The van der Waals surface area contributed by atoms with Crippen molar-refractivity contribution >= 4 is 0 Å². The van der Waals surface area contributed by atoms with Crippen LogP contribution in [0.1, 0.15) is 0 Å². The predicted molar refractivity (Wildman–Crippen MR) is 107 cm³/mol. The van der Waals surface area contributed by atoms with Crippen molar-refractivity contribution in [2.75, 3.05) is 19.8 Å². The molecule has 200 valence electrons. The first-order chi connectivity index (χ1) is 16.0. The molecule has 3 fully saturated rings. The van der Waals surface area contributed by atoms with Gasteiger partial charge in [0, 0.05) is 0 Å². The summed E-state index contributed by atoms with van der Waals surface area (Å²) in [5.41, 5.74) is 17.6. The van der Waals surface area contributed by atoms with Crippen molar-refractivity contribution in [2.24, 2.45) is 17.2 Å². The van der Waals surface area contributed by atoms with Crippen LogP contribution < -0.4 is 17.2 Å². The lowest BCUT2D eigenvalue weighted by atomic mass is 9.94. The molecule has 0 aliphatic carbocycles.